The van der Waals surface area contributed by atoms with Crippen molar-refractivity contribution in [2.45, 2.75) is 39.3 Å². The van der Waals surface area contributed by atoms with Crippen molar-refractivity contribution in [3.63, 3.8) is 0 Å². The molecule has 0 radical (unpaired) electrons. The first-order valence-electron chi connectivity index (χ1n) is 9.13. The highest BCUT2D eigenvalue weighted by molar-refractivity contribution is 9.10. The quantitative estimate of drug-likeness (QED) is 0.359. The van der Waals surface area contributed by atoms with Gasteiger partial charge in [-0.25, -0.2) is 0 Å². The highest BCUT2D eigenvalue weighted by Gasteiger charge is 2.05. The fourth-order valence-corrected chi connectivity index (χ4v) is 2.97. The second-order valence-electron chi connectivity index (χ2n) is 6.16. The molecule has 3 nitrogen and oxygen atoms in total. The predicted octanol–water partition coefficient (Wildman–Crippen LogP) is 6.40. The maximum atomic E-state index is 6.01. The van der Waals surface area contributed by atoms with Gasteiger partial charge in [-0.1, -0.05) is 53.0 Å². The van der Waals surface area contributed by atoms with E-state index >= 15 is 0 Å². The van der Waals surface area contributed by atoms with Gasteiger partial charge in [0.25, 0.3) is 0 Å². The van der Waals surface area contributed by atoms with Crippen molar-refractivity contribution >= 4 is 39.9 Å². The van der Waals surface area contributed by atoms with Gasteiger partial charge in [-0.2, -0.15) is 0 Å². The van der Waals surface area contributed by atoms with E-state index in [2.05, 4.69) is 34.2 Å². The molecule has 2 rings (SSSR count). The molecule has 0 fully saturated rings. The van der Waals surface area contributed by atoms with E-state index in [1.165, 1.54) is 6.42 Å². The summed E-state index contributed by atoms with van der Waals surface area (Å²) in [4.78, 5) is 0. The summed E-state index contributed by atoms with van der Waals surface area (Å²) in [5.41, 5.74) is 2.24. The van der Waals surface area contributed by atoms with E-state index < -0.39 is 0 Å². The lowest BCUT2D eigenvalue weighted by Gasteiger charge is -2.13. The van der Waals surface area contributed by atoms with Gasteiger partial charge in [0.1, 0.15) is 12.4 Å². The molecule has 2 aromatic carbocycles. The summed E-state index contributed by atoms with van der Waals surface area (Å²) in [6.07, 6.45) is 3.33. The van der Waals surface area contributed by atoms with Crippen LogP contribution in [0.1, 0.15) is 37.3 Å². The van der Waals surface area contributed by atoms with Crippen molar-refractivity contribution in [3.05, 3.63) is 63.1 Å². The van der Waals surface area contributed by atoms with Crippen LogP contribution in [-0.2, 0) is 17.9 Å². The number of halogens is 3. The molecule has 0 heterocycles. The van der Waals surface area contributed by atoms with Crippen molar-refractivity contribution in [2.75, 3.05) is 19.8 Å². The molecule has 0 aliphatic heterocycles. The molecule has 0 aromatic heterocycles. The van der Waals surface area contributed by atoms with Crippen LogP contribution in [-0.4, -0.2) is 19.8 Å². The van der Waals surface area contributed by atoms with Gasteiger partial charge in [-0.05, 0) is 55.3 Å². The Morgan fingerprint density at radius 1 is 1.04 bits per heavy atom. The molecule has 2 aromatic rings. The number of hydrogen-bond donors (Lipinski definition) is 1. The van der Waals surface area contributed by atoms with Crippen LogP contribution in [0.4, 0.5) is 0 Å². The summed E-state index contributed by atoms with van der Waals surface area (Å²) in [5, 5.41) is 4.20. The zero-order valence-electron chi connectivity index (χ0n) is 15.7. The average Bonchev–Trinajstić information content (AvgIpc) is 2.64. The third-order valence-electron chi connectivity index (χ3n) is 3.93. The number of unbranched alkanes of at least 4 members (excludes halogenated alkanes) is 1. The van der Waals surface area contributed by atoms with Crippen LogP contribution in [0, 0.1) is 0 Å². The molecular formula is C21H28BrCl2NO2. The number of rotatable bonds is 12. The average molecular weight is 477 g/mol. The molecule has 0 amide bonds. The first-order valence-corrected chi connectivity index (χ1v) is 10.3. The van der Waals surface area contributed by atoms with E-state index in [0.29, 0.717) is 6.61 Å². The summed E-state index contributed by atoms with van der Waals surface area (Å²) >= 11 is 9.47. The highest BCUT2D eigenvalue weighted by atomic mass is 79.9. The van der Waals surface area contributed by atoms with Crippen LogP contribution in [0.25, 0.3) is 0 Å². The lowest BCUT2D eigenvalue weighted by molar-refractivity contribution is 0.128. The Kier molecular flexibility index (Phi) is 12.8. The van der Waals surface area contributed by atoms with Crippen molar-refractivity contribution < 1.29 is 9.47 Å². The molecule has 1 N–H and O–H groups in total. The third-order valence-corrected chi connectivity index (χ3v) is 4.68. The second-order valence-corrected chi connectivity index (χ2v) is 7.52. The minimum atomic E-state index is 0. The van der Waals surface area contributed by atoms with Gasteiger partial charge >= 0.3 is 0 Å². The molecular weight excluding hydrogens is 449 g/mol. The normalized spacial score (nSPS) is 10.5. The standard InChI is InChI=1S/C21H27BrClNO2.ClH/c1-2-3-12-25-13-4-11-24-15-18-14-19(22)7-10-21(18)26-16-17-5-8-20(23)9-6-17;/h5-10,14,24H,2-4,11-13,15-16H2,1H3;1H. The summed E-state index contributed by atoms with van der Waals surface area (Å²) in [6, 6.07) is 13.8. The largest absolute Gasteiger partial charge is 0.489 e. The van der Waals surface area contributed by atoms with Crippen LogP contribution in [0.5, 0.6) is 5.75 Å². The topological polar surface area (TPSA) is 30.5 Å². The van der Waals surface area contributed by atoms with E-state index in [1.807, 2.05) is 36.4 Å². The van der Waals surface area contributed by atoms with Gasteiger partial charge in [-0.3, -0.25) is 0 Å². The summed E-state index contributed by atoms with van der Waals surface area (Å²) in [6.45, 7) is 6.07. The van der Waals surface area contributed by atoms with Gasteiger partial charge in [0, 0.05) is 34.8 Å². The van der Waals surface area contributed by atoms with Crippen molar-refractivity contribution in [1.29, 1.82) is 0 Å². The Labute approximate surface area is 182 Å². The SMILES string of the molecule is CCCCOCCCNCc1cc(Br)ccc1OCc1ccc(Cl)cc1.Cl. The van der Waals surface area contributed by atoms with Gasteiger partial charge in [0.05, 0.1) is 0 Å². The van der Waals surface area contributed by atoms with Crippen LogP contribution >= 0.6 is 39.9 Å². The second kappa shape index (κ2) is 14.3. The van der Waals surface area contributed by atoms with Gasteiger partial charge in [0.15, 0.2) is 0 Å². The minimum Gasteiger partial charge on any atom is -0.489 e. The molecule has 0 unspecified atom stereocenters. The van der Waals surface area contributed by atoms with Gasteiger partial charge < -0.3 is 14.8 Å². The Morgan fingerprint density at radius 3 is 2.52 bits per heavy atom. The molecule has 0 saturated carbocycles. The number of benzene rings is 2. The Bertz CT molecular complexity index is 653. The monoisotopic (exact) mass is 475 g/mol. The van der Waals surface area contributed by atoms with Crippen LogP contribution in [0.2, 0.25) is 5.02 Å². The van der Waals surface area contributed by atoms with Crippen molar-refractivity contribution in [3.8, 4) is 5.75 Å². The highest BCUT2D eigenvalue weighted by Crippen LogP contribution is 2.24. The fraction of sp³-hybridized carbons (Fsp3) is 0.429. The predicted molar refractivity (Wildman–Crippen MR) is 119 cm³/mol. The first kappa shape index (κ1) is 24.3. The Hall–Kier alpha value is -0.780. The zero-order valence-corrected chi connectivity index (χ0v) is 18.8. The zero-order chi connectivity index (χ0) is 18.6. The maximum absolute atomic E-state index is 6.01. The Balaban J connectivity index is 0.00000364. The lowest BCUT2D eigenvalue weighted by Crippen LogP contribution is -2.17. The molecule has 150 valence electrons. The summed E-state index contributed by atoms with van der Waals surface area (Å²) in [7, 11) is 0. The summed E-state index contributed by atoms with van der Waals surface area (Å²) in [5.74, 6) is 0.898. The molecule has 27 heavy (non-hydrogen) atoms. The van der Waals surface area contributed by atoms with Crippen molar-refractivity contribution in [2.24, 2.45) is 0 Å². The molecule has 0 spiro atoms. The minimum absolute atomic E-state index is 0. The molecule has 0 saturated heterocycles. The van der Waals surface area contributed by atoms with E-state index in [-0.39, 0.29) is 12.4 Å². The smallest absolute Gasteiger partial charge is 0.124 e. The molecule has 0 atom stereocenters. The lowest BCUT2D eigenvalue weighted by atomic mass is 10.2. The van der Waals surface area contributed by atoms with Gasteiger partial charge in [-0.15, -0.1) is 12.4 Å². The van der Waals surface area contributed by atoms with Crippen LogP contribution in [0.3, 0.4) is 0 Å². The number of nitrogens with one attached hydrogen (secondary N) is 1. The Morgan fingerprint density at radius 2 is 1.78 bits per heavy atom. The molecule has 0 aliphatic carbocycles. The van der Waals surface area contributed by atoms with E-state index in [9.17, 15) is 0 Å². The van der Waals surface area contributed by atoms with Crippen LogP contribution < -0.4 is 10.1 Å². The third kappa shape index (κ3) is 9.82. The molecule has 6 heteroatoms. The summed E-state index contributed by atoms with van der Waals surface area (Å²) < 4.78 is 12.6. The van der Waals surface area contributed by atoms with E-state index in [4.69, 9.17) is 21.1 Å². The fourth-order valence-electron chi connectivity index (χ4n) is 2.44. The molecule has 0 aliphatic rings. The van der Waals surface area contributed by atoms with Crippen molar-refractivity contribution in [1.82, 2.24) is 5.32 Å². The van der Waals surface area contributed by atoms with E-state index in [1.54, 1.807) is 0 Å². The van der Waals surface area contributed by atoms with Gasteiger partial charge in [0.2, 0.25) is 0 Å². The van der Waals surface area contributed by atoms with E-state index in [0.717, 1.165) is 65.5 Å². The molecule has 0 bridgehead atoms. The maximum Gasteiger partial charge on any atom is 0.124 e. The first-order chi connectivity index (χ1) is 12.7. The number of ether oxygens (including phenoxy) is 2. The number of hydrogen-bond acceptors (Lipinski definition) is 3. The van der Waals surface area contributed by atoms with Crippen LogP contribution in [0.15, 0.2) is 46.9 Å².